The number of hydrogen-bond donors (Lipinski definition) is 0. The Kier molecular flexibility index (Phi) is 6.86. The fraction of sp³-hybridized carbons (Fsp3) is 0.364. The SMILES string of the molecule is COC(=O)[C@H]1CN(C(=O)[C@@H]2CCCN(S(=O)(=O)c3cc(Cl)ccc3Cl)C2)c2ccccc2O1. The third-order valence-electron chi connectivity index (χ3n) is 5.75. The quantitative estimate of drug-likeness (QED) is 0.583. The van der Waals surface area contributed by atoms with Gasteiger partial charge in [-0.05, 0) is 43.2 Å². The number of amides is 1. The highest BCUT2D eigenvalue weighted by Crippen LogP contribution is 2.36. The summed E-state index contributed by atoms with van der Waals surface area (Å²) in [6.07, 6.45) is 0.0408. The minimum atomic E-state index is -3.95. The molecule has 0 N–H and O–H groups in total. The molecule has 2 aliphatic rings. The van der Waals surface area contributed by atoms with Crippen molar-refractivity contribution in [2.45, 2.75) is 23.8 Å². The van der Waals surface area contributed by atoms with Crippen LogP contribution in [0.25, 0.3) is 0 Å². The number of benzene rings is 2. The van der Waals surface area contributed by atoms with Crippen LogP contribution in [-0.4, -0.2) is 57.4 Å². The van der Waals surface area contributed by atoms with Crippen LogP contribution in [0.4, 0.5) is 5.69 Å². The molecule has 0 bridgehead atoms. The first-order chi connectivity index (χ1) is 15.7. The number of carbonyl (C=O) groups excluding carboxylic acids is 2. The van der Waals surface area contributed by atoms with Crippen LogP contribution in [-0.2, 0) is 24.3 Å². The molecule has 0 unspecified atom stereocenters. The first-order valence-electron chi connectivity index (χ1n) is 10.3. The van der Waals surface area contributed by atoms with Crippen molar-refractivity contribution in [2.24, 2.45) is 5.92 Å². The molecule has 8 nitrogen and oxygen atoms in total. The number of anilines is 1. The molecule has 33 heavy (non-hydrogen) atoms. The third-order valence-corrected chi connectivity index (χ3v) is 8.33. The number of nitrogens with zero attached hydrogens (tertiary/aromatic N) is 2. The summed E-state index contributed by atoms with van der Waals surface area (Å²) in [5.74, 6) is -1.09. The van der Waals surface area contributed by atoms with Crippen LogP contribution < -0.4 is 9.64 Å². The van der Waals surface area contributed by atoms with Crippen molar-refractivity contribution >= 4 is 50.8 Å². The van der Waals surface area contributed by atoms with Gasteiger partial charge in [-0.25, -0.2) is 13.2 Å². The Labute approximate surface area is 202 Å². The highest BCUT2D eigenvalue weighted by molar-refractivity contribution is 7.89. The number of carbonyl (C=O) groups is 2. The van der Waals surface area contributed by atoms with Gasteiger partial charge in [0.05, 0.1) is 30.3 Å². The molecule has 0 aromatic heterocycles. The van der Waals surface area contributed by atoms with E-state index in [1.165, 1.54) is 34.5 Å². The van der Waals surface area contributed by atoms with Crippen LogP contribution >= 0.6 is 23.2 Å². The summed E-state index contributed by atoms with van der Waals surface area (Å²) in [7, 11) is -2.70. The van der Waals surface area contributed by atoms with E-state index in [9.17, 15) is 18.0 Å². The Hall–Kier alpha value is -2.33. The number of ether oxygens (including phenoxy) is 2. The van der Waals surface area contributed by atoms with Crippen molar-refractivity contribution in [1.82, 2.24) is 4.31 Å². The van der Waals surface area contributed by atoms with Crippen LogP contribution in [0, 0.1) is 5.92 Å². The Morgan fingerprint density at radius 3 is 2.64 bits per heavy atom. The lowest BCUT2D eigenvalue weighted by Gasteiger charge is -2.38. The van der Waals surface area contributed by atoms with Crippen molar-refractivity contribution in [3.63, 3.8) is 0 Å². The van der Waals surface area contributed by atoms with Gasteiger partial charge < -0.3 is 14.4 Å². The van der Waals surface area contributed by atoms with Crippen molar-refractivity contribution in [3.8, 4) is 5.75 Å². The van der Waals surface area contributed by atoms with Gasteiger partial charge in [0.25, 0.3) is 0 Å². The summed E-state index contributed by atoms with van der Waals surface area (Å²) in [6.45, 7) is 0.234. The molecular formula is C22H22Cl2N2O6S. The van der Waals surface area contributed by atoms with E-state index in [4.69, 9.17) is 32.7 Å². The lowest BCUT2D eigenvalue weighted by atomic mass is 9.97. The largest absolute Gasteiger partial charge is 0.475 e. The predicted octanol–water partition coefficient (Wildman–Crippen LogP) is 3.36. The van der Waals surface area contributed by atoms with Crippen LogP contribution in [0.5, 0.6) is 5.75 Å². The van der Waals surface area contributed by atoms with E-state index in [2.05, 4.69) is 0 Å². The lowest BCUT2D eigenvalue weighted by molar-refractivity contribution is -0.148. The molecule has 0 aliphatic carbocycles. The van der Waals surface area contributed by atoms with E-state index in [0.717, 1.165) is 0 Å². The Morgan fingerprint density at radius 2 is 1.88 bits per heavy atom. The van der Waals surface area contributed by atoms with Crippen LogP contribution in [0.15, 0.2) is 47.4 Å². The van der Waals surface area contributed by atoms with E-state index in [0.29, 0.717) is 24.3 Å². The second-order valence-electron chi connectivity index (χ2n) is 7.82. The molecule has 1 saturated heterocycles. The van der Waals surface area contributed by atoms with Gasteiger partial charge in [0.1, 0.15) is 10.6 Å². The number of para-hydroxylation sites is 2. The highest BCUT2D eigenvalue weighted by Gasteiger charge is 2.40. The van der Waals surface area contributed by atoms with Crippen molar-refractivity contribution in [3.05, 3.63) is 52.5 Å². The predicted molar refractivity (Wildman–Crippen MR) is 123 cm³/mol. The average molecular weight is 513 g/mol. The van der Waals surface area contributed by atoms with Gasteiger partial charge in [-0.2, -0.15) is 4.31 Å². The summed E-state index contributed by atoms with van der Waals surface area (Å²) >= 11 is 12.1. The number of hydrogen-bond acceptors (Lipinski definition) is 6. The minimum absolute atomic E-state index is 0.00752. The number of halogens is 2. The van der Waals surface area contributed by atoms with E-state index >= 15 is 0 Å². The second kappa shape index (κ2) is 9.50. The standard InChI is InChI=1S/C22H22Cl2N2O6S/c1-31-22(28)19-13-26(17-6-2-3-7-18(17)32-19)21(27)14-5-4-10-25(12-14)33(29,30)20-11-15(23)8-9-16(20)24/h2-3,6-9,11,14,19H,4-5,10,12-13H2,1H3/t14-,19-/m1/s1. The van der Waals surface area contributed by atoms with E-state index < -0.39 is 28.0 Å². The molecule has 2 aliphatic heterocycles. The number of methoxy groups -OCH3 is 1. The molecule has 0 radical (unpaired) electrons. The van der Waals surface area contributed by atoms with Gasteiger partial charge in [-0.1, -0.05) is 35.3 Å². The van der Waals surface area contributed by atoms with Crippen molar-refractivity contribution in [1.29, 1.82) is 0 Å². The summed E-state index contributed by atoms with van der Waals surface area (Å²) in [4.78, 5) is 27.1. The van der Waals surface area contributed by atoms with Gasteiger partial charge in [-0.15, -0.1) is 0 Å². The zero-order chi connectivity index (χ0) is 23.8. The Balaban J connectivity index is 1.60. The molecule has 176 valence electrons. The van der Waals surface area contributed by atoms with Crippen molar-refractivity contribution in [2.75, 3.05) is 31.6 Å². The lowest BCUT2D eigenvalue weighted by Crippen LogP contribution is -2.52. The van der Waals surface area contributed by atoms with Gasteiger partial charge in [0.15, 0.2) is 0 Å². The maximum atomic E-state index is 13.6. The average Bonchev–Trinajstić information content (AvgIpc) is 2.83. The number of fused-ring (bicyclic) bond motifs is 1. The van der Waals surface area contributed by atoms with Gasteiger partial charge >= 0.3 is 5.97 Å². The Bertz CT molecular complexity index is 1190. The van der Waals surface area contributed by atoms with Crippen LogP contribution in [0.2, 0.25) is 10.0 Å². The highest BCUT2D eigenvalue weighted by atomic mass is 35.5. The number of rotatable bonds is 4. The molecule has 2 aromatic rings. The molecule has 2 heterocycles. The maximum Gasteiger partial charge on any atom is 0.348 e. The van der Waals surface area contributed by atoms with Gasteiger partial charge in [0, 0.05) is 18.1 Å². The first-order valence-corrected chi connectivity index (χ1v) is 12.5. The number of esters is 1. The number of piperidine rings is 1. The maximum absolute atomic E-state index is 13.6. The molecule has 1 fully saturated rings. The fourth-order valence-corrected chi connectivity index (χ4v) is 6.35. The number of sulfonamides is 1. The molecule has 0 spiro atoms. The van der Waals surface area contributed by atoms with E-state index in [-0.39, 0.29) is 40.5 Å². The molecule has 4 rings (SSSR count). The summed E-state index contributed by atoms with van der Waals surface area (Å²) < 4.78 is 38.3. The van der Waals surface area contributed by atoms with Crippen molar-refractivity contribution < 1.29 is 27.5 Å². The fourth-order valence-electron chi connectivity index (χ4n) is 4.09. The zero-order valence-corrected chi connectivity index (χ0v) is 20.1. The smallest absolute Gasteiger partial charge is 0.348 e. The first kappa shape index (κ1) is 23.8. The minimum Gasteiger partial charge on any atom is -0.475 e. The summed E-state index contributed by atoms with van der Waals surface area (Å²) in [5, 5.41) is 0.317. The molecule has 2 atom stereocenters. The van der Waals surface area contributed by atoms with E-state index in [1.807, 2.05) is 0 Å². The normalized spacial score (nSPS) is 21.1. The molecule has 0 saturated carbocycles. The molecule has 1 amide bonds. The van der Waals surface area contributed by atoms with Crippen LogP contribution in [0.1, 0.15) is 12.8 Å². The Morgan fingerprint density at radius 1 is 1.12 bits per heavy atom. The monoisotopic (exact) mass is 512 g/mol. The van der Waals surface area contributed by atoms with Gasteiger partial charge in [-0.3, -0.25) is 4.79 Å². The summed E-state index contributed by atoms with van der Waals surface area (Å²) in [5.41, 5.74) is 0.528. The van der Waals surface area contributed by atoms with Gasteiger partial charge in [0.2, 0.25) is 22.0 Å². The third kappa shape index (κ3) is 4.68. The molecule has 2 aromatic carbocycles. The van der Waals surface area contributed by atoms with Crippen LogP contribution in [0.3, 0.4) is 0 Å². The topological polar surface area (TPSA) is 93.2 Å². The molecular weight excluding hydrogens is 491 g/mol. The molecule has 11 heteroatoms. The van der Waals surface area contributed by atoms with E-state index in [1.54, 1.807) is 24.3 Å². The zero-order valence-electron chi connectivity index (χ0n) is 17.7. The second-order valence-corrected chi connectivity index (χ2v) is 10.6. The summed E-state index contributed by atoms with van der Waals surface area (Å²) in [6, 6.07) is 11.2.